The third kappa shape index (κ3) is 6.28. The Bertz CT molecular complexity index is 2110. The molecule has 0 radical (unpaired) electrons. The summed E-state index contributed by atoms with van der Waals surface area (Å²) in [7, 11) is 0. The maximum absolute atomic E-state index is 6.08. The zero-order valence-corrected chi connectivity index (χ0v) is 27.8. The molecule has 0 aliphatic heterocycles. The second-order valence-electron chi connectivity index (χ2n) is 11.6. The van der Waals surface area contributed by atoms with Crippen molar-refractivity contribution in [3.8, 4) is 11.4 Å². The van der Waals surface area contributed by atoms with E-state index in [0.29, 0.717) is 6.04 Å². The van der Waals surface area contributed by atoms with E-state index in [1.54, 1.807) is 12.5 Å². The van der Waals surface area contributed by atoms with Gasteiger partial charge in [0.2, 0.25) is 6.33 Å². The molecule has 224 valence electrons. The van der Waals surface area contributed by atoms with Gasteiger partial charge in [-0.1, -0.05) is 81.4 Å². The van der Waals surface area contributed by atoms with Crippen LogP contribution in [-0.2, 0) is 0 Å². The van der Waals surface area contributed by atoms with E-state index < -0.39 is 0 Å². The van der Waals surface area contributed by atoms with E-state index in [-0.39, 0.29) is 24.0 Å². The van der Waals surface area contributed by atoms with Crippen molar-refractivity contribution >= 4 is 43.9 Å². The Morgan fingerprint density at radius 1 is 0.614 bits per heavy atom. The molecule has 7 heteroatoms. The number of furan rings is 2. The molecule has 8 rings (SSSR count). The fourth-order valence-electron chi connectivity index (χ4n) is 5.09. The van der Waals surface area contributed by atoms with Crippen molar-refractivity contribution in [2.75, 3.05) is 0 Å². The fourth-order valence-corrected chi connectivity index (χ4v) is 5.09. The predicted molar refractivity (Wildman–Crippen MR) is 175 cm³/mol. The van der Waals surface area contributed by atoms with Gasteiger partial charge in [-0.3, -0.25) is 0 Å². The highest BCUT2D eigenvalue weighted by Gasteiger charge is 2.16. The highest BCUT2D eigenvalue weighted by atomic mass is 127. The van der Waals surface area contributed by atoms with Crippen LogP contribution in [0.4, 0.5) is 0 Å². The molecule has 0 unspecified atom stereocenters. The van der Waals surface area contributed by atoms with Gasteiger partial charge in [0.15, 0.2) is 16.9 Å². The average Bonchev–Trinajstić information content (AvgIpc) is 3.81. The summed E-state index contributed by atoms with van der Waals surface area (Å²) < 4.78 is 18.3. The molecule has 0 spiro atoms. The number of nitrogens with zero attached hydrogens (tertiary/aromatic N) is 4. The molecule has 0 amide bonds. The summed E-state index contributed by atoms with van der Waals surface area (Å²) in [5.74, 6) is 0.833. The summed E-state index contributed by atoms with van der Waals surface area (Å²) in [5.41, 5.74) is 5.77. The molecule has 0 N–H and O–H groups in total. The van der Waals surface area contributed by atoms with Crippen LogP contribution in [0.5, 0.6) is 0 Å². The summed E-state index contributed by atoms with van der Waals surface area (Å²) in [4.78, 5) is 4.08. The van der Waals surface area contributed by atoms with Crippen LogP contribution in [0.1, 0.15) is 40.7 Å². The highest BCUT2D eigenvalue weighted by Crippen LogP contribution is 2.33. The highest BCUT2D eigenvalue weighted by molar-refractivity contribution is 6.08. The molecule has 44 heavy (non-hydrogen) atoms. The zero-order valence-electron chi connectivity index (χ0n) is 25.7. The minimum atomic E-state index is 0. The van der Waals surface area contributed by atoms with Gasteiger partial charge in [-0.15, -0.1) is 0 Å². The molecule has 0 aliphatic rings. The van der Waals surface area contributed by atoms with E-state index in [4.69, 9.17) is 8.83 Å². The number of halogens is 1. The molecular formula is C37H37IN4O2. The number of rotatable bonds is 3. The Hall–Kier alpha value is -4.37. The van der Waals surface area contributed by atoms with Gasteiger partial charge >= 0.3 is 0 Å². The van der Waals surface area contributed by atoms with E-state index in [1.807, 2.05) is 59.3 Å². The van der Waals surface area contributed by atoms with E-state index in [0.717, 1.165) is 55.8 Å². The molecule has 0 saturated heterocycles. The van der Waals surface area contributed by atoms with Crippen LogP contribution in [0.2, 0.25) is 0 Å². The van der Waals surface area contributed by atoms with Crippen molar-refractivity contribution in [3.63, 3.8) is 0 Å². The van der Waals surface area contributed by atoms with E-state index in [1.165, 1.54) is 5.39 Å². The number of hydrogen-bond acceptors (Lipinski definition) is 3. The minimum Gasteiger partial charge on any atom is -1.00 e. The molecule has 4 aromatic carbocycles. The second kappa shape index (κ2) is 13.5. The first-order chi connectivity index (χ1) is 20.9. The van der Waals surface area contributed by atoms with Crippen LogP contribution in [0.15, 0.2) is 131 Å². The largest absolute Gasteiger partial charge is 1.00 e. The molecule has 0 saturated carbocycles. The molecule has 0 bridgehead atoms. The Balaban J connectivity index is 0.000000154. The summed E-state index contributed by atoms with van der Waals surface area (Å²) in [6.45, 7) is 10.8. The van der Waals surface area contributed by atoms with Gasteiger partial charge in [-0.05, 0) is 44.0 Å². The van der Waals surface area contributed by atoms with E-state index in [2.05, 4.69) is 104 Å². The number of para-hydroxylation sites is 4. The van der Waals surface area contributed by atoms with Crippen molar-refractivity contribution in [2.24, 2.45) is 5.92 Å². The number of fused-ring (bicyclic) bond motifs is 6. The van der Waals surface area contributed by atoms with Crippen LogP contribution < -0.4 is 28.5 Å². The standard InChI is InChI=1S/C18H17N2O.C15H10N2O.C4H10.HI/c1-13(2)19-10-11-20(12-19)16-8-5-7-15-14-6-3-4-9-17(14)21-18(15)16;1-2-7-14-11(4-1)12-5-3-6-13(15(12)18-14)17-9-8-16-10-17;1-4(2)3;/h3-13H,1-2H3;1-10H;4H,1-3H3;1H/q+1;;;/p-1. The van der Waals surface area contributed by atoms with Gasteiger partial charge in [-0.25, -0.2) is 9.55 Å². The van der Waals surface area contributed by atoms with E-state index in [9.17, 15) is 0 Å². The maximum atomic E-state index is 6.08. The van der Waals surface area contributed by atoms with Gasteiger partial charge in [0.25, 0.3) is 0 Å². The first-order valence-corrected chi connectivity index (χ1v) is 14.8. The summed E-state index contributed by atoms with van der Waals surface area (Å²) >= 11 is 0. The molecule has 0 aliphatic carbocycles. The number of hydrogen-bond donors (Lipinski definition) is 0. The van der Waals surface area contributed by atoms with Gasteiger partial charge in [0.1, 0.15) is 23.6 Å². The van der Waals surface area contributed by atoms with Gasteiger partial charge in [-0.2, -0.15) is 4.57 Å². The Morgan fingerprint density at radius 3 is 1.59 bits per heavy atom. The van der Waals surface area contributed by atoms with Crippen LogP contribution >= 0.6 is 0 Å². The van der Waals surface area contributed by atoms with Crippen LogP contribution in [-0.4, -0.2) is 14.1 Å². The number of imidazole rings is 2. The topological polar surface area (TPSA) is 52.9 Å². The first kappa shape index (κ1) is 31.1. The lowest BCUT2D eigenvalue weighted by Crippen LogP contribution is -3.00. The van der Waals surface area contributed by atoms with E-state index >= 15 is 0 Å². The maximum Gasteiger partial charge on any atom is 0.249 e. The normalized spacial score (nSPS) is 11.1. The van der Waals surface area contributed by atoms with Crippen molar-refractivity contribution in [1.29, 1.82) is 0 Å². The molecule has 0 fully saturated rings. The Kier molecular flexibility index (Phi) is 9.54. The van der Waals surface area contributed by atoms with Crippen molar-refractivity contribution in [3.05, 3.63) is 122 Å². The lowest BCUT2D eigenvalue weighted by molar-refractivity contribution is -0.715. The van der Waals surface area contributed by atoms with Crippen molar-refractivity contribution in [1.82, 2.24) is 14.1 Å². The molecule has 0 atom stereocenters. The smallest absolute Gasteiger partial charge is 0.249 e. The average molecular weight is 697 g/mol. The first-order valence-electron chi connectivity index (χ1n) is 14.8. The molecule has 8 aromatic rings. The lowest BCUT2D eigenvalue weighted by Gasteiger charge is -2.01. The molecule has 4 aromatic heterocycles. The predicted octanol–water partition coefficient (Wildman–Crippen LogP) is 6.68. The third-order valence-electron chi connectivity index (χ3n) is 7.08. The van der Waals surface area contributed by atoms with Crippen molar-refractivity contribution < 1.29 is 37.4 Å². The lowest BCUT2D eigenvalue weighted by atomic mass is 10.1. The van der Waals surface area contributed by atoms with Crippen LogP contribution in [0.3, 0.4) is 0 Å². The summed E-state index contributed by atoms with van der Waals surface area (Å²) in [6.07, 6.45) is 11.7. The summed E-state index contributed by atoms with van der Waals surface area (Å²) in [5, 5.41) is 4.61. The zero-order chi connectivity index (χ0) is 29.9. The minimum absolute atomic E-state index is 0. The SMILES string of the molecule is CC(C)C.CC(C)[n+]1ccn(-c2cccc3c2oc2ccccc23)c1.[I-].c1ccc2c(c1)oc1c(-n3ccnc3)cccc12. The van der Waals surface area contributed by atoms with Crippen molar-refractivity contribution in [2.45, 2.75) is 40.7 Å². The van der Waals surface area contributed by atoms with Crippen LogP contribution in [0.25, 0.3) is 55.3 Å². The van der Waals surface area contributed by atoms with Crippen LogP contribution in [0, 0.1) is 5.92 Å². The van der Waals surface area contributed by atoms with Gasteiger partial charge < -0.3 is 37.4 Å². The molecule has 4 heterocycles. The number of aromatic nitrogens is 4. The Morgan fingerprint density at radius 2 is 1.11 bits per heavy atom. The molecule has 6 nitrogen and oxygen atoms in total. The second-order valence-corrected chi connectivity index (χ2v) is 11.6. The Labute approximate surface area is 274 Å². The monoisotopic (exact) mass is 696 g/mol. The fraction of sp³-hybridized carbons (Fsp3) is 0.189. The third-order valence-corrected chi connectivity index (χ3v) is 7.08. The number of benzene rings is 4. The molecular weight excluding hydrogens is 659 g/mol. The summed E-state index contributed by atoms with van der Waals surface area (Å²) in [6, 6.07) is 29.2. The van der Waals surface area contributed by atoms with Gasteiger partial charge in [0, 0.05) is 33.9 Å². The van der Waals surface area contributed by atoms with Gasteiger partial charge in [0.05, 0.1) is 18.1 Å². The quantitative estimate of drug-likeness (QED) is 0.153.